The molecule has 2 heteroatoms. The Labute approximate surface area is 85.6 Å². The fourth-order valence-corrected chi connectivity index (χ4v) is 4.65. The first-order valence-corrected chi connectivity index (χ1v) is 5.96. The van der Waals surface area contributed by atoms with E-state index in [1.54, 1.807) is 7.11 Å². The van der Waals surface area contributed by atoms with Gasteiger partial charge in [-0.1, -0.05) is 6.42 Å². The molecule has 0 aromatic carbocycles. The van der Waals surface area contributed by atoms with Crippen LogP contribution in [0.25, 0.3) is 0 Å². The molecule has 3 rings (SSSR count). The molecule has 0 aliphatic heterocycles. The Kier molecular flexibility index (Phi) is 1.94. The summed E-state index contributed by atoms with van der Waals surface area (Å²) in [6.07, 6.45) is 6.46. The molecular formula is C12H20O2. The van der Waals surface area contributed by atoms with Crippen LogP contribution in [0.15, 0.2) is 0 Å². The highest BCUT2D eigenvalue weighted by Crippen LogP contribution is 2.62. The molecule has 0 aromatic rings. The Morgan fingerprint density at radius 2 is 2.14 bits per heavy atom. The van der Waals surface area contributed by atoms with Crippen LogP contribution in [-0.4, -0.2) is 24.4 Å². The van der Waals surface area contributed by atoms with E-state index in [-0.39, 0.29) is 0 Å². The lowest BCUT2D eigenvalue weighted by atomic mass is 9.73. The third-order valence-electron chi connectivity index (χ3n) is 5.00. The molecule has 5 unspecified atom stereocenters. The highest BCUT2D eigenvalue weighted by Gasteiger charge is 2.60. The molecule has 3 fully saturated rings. The summed E-state index contributed by atoms with van der Waals surface area (Å²) in [4.78, 5) is 0. The summed E-state index contributed by atoms with van der Waals surface area (Å²) in [6.45, 7) is 0.553. The molecule has 2 nitrogen and oxygen atoms in total. The largest absolute Gasteiger partial charge is 0.387 e. The number of hydrogen-bond acceptors (Lipinski definition) is 2. The van der Waals surface area contributed by atoms with Crippen LogP contribution in [0, 0.1) is 23.7 Å². The van der Waals surface area contributed by atoms with Gasteiger partial charge >= 0.3 is 0 Å². The molecule has 0 aromatic heterocycles. The minimum Gasteiger partial charge on any atom is -0.387 e. The Balaban J connectivity index is 1.82. The number of hydrogen-bond donors (Lipinski definition) is 1. The van der Waals surface area contributed by atoms with Gasteiger partial charge in [-0.3, -0.25) is 0 Å². The second kappa shape index (κ2) is 2.96. The molecule has 3 saturated carbocycles. The van der Waals surface area contributed by atoms with Gasteiger partial charge in [-0.05, 0) is 49.4 Å². The van der Waals surface area contributed by atoms with Crippen LogP contribution in [0.3, 0.4) is 0 Å². The Bertz CT molecular complexity index is 240. The molecule has 3 aliphatic carbocycles. The summed E-state index contributed by atoms with van der Waals surface area (Å²) in [5.74, 6) is 3.15. The molecule has 0 amide bonds. The van der Waals surface area contributed by atoms with E-state index >= 15 is 0 Å². The number of rotatable bonds is 2. The standard InChI is InChI=1S/C12H20O2/c1-14-7-12(13)6-8-5-11(12)10-4-2-3-9(8)10/h8-11,13H,2-7H2,1H3. The quantitative estimate of drug-likeness (QED) is 0.730. The molecule has 1 N–H and O–H groups in total. The highest BCUT2D eigenvalue weighted by molar-refractivity contribution is 5.10. The Morgan fingerprint density at radius 3 is 2.93 bits per heavy atom. The molecule has 14 heavy (non-hydrogen) atoms. The van der Waals surface area contributed by atoms with Crippen molar-refractivity contribution in [1.29, 1.82) is 0 Å². The lowest BCUT2D eigenvalue weighted by Gasteiger charge is -2.38. The van der Waals surface area contributed by atoms with Gasteiger partial charge in [0.2, 0.25) is 0 Å². The van der Waals surface area contributed by atoms with Gasteiger partial charge in [0.15, 0.2) is 0 Å². The van der Waals surface area contributed by atoms with Crippen LogP contribution in [0.2, 0.25) is 0 Å². The SMILES string of the molecule is COCC1(O)CC2CC1C1CCCC21. The molecule has 0 spiro atoms. The van der Waals surface area contributed by atoms with Crippen LogP contribution in [0.1, 0.15) is 32.1 Å². The first-order chi connectivity index (χ1) is 6.74. The van der Waals surface area contributed by atoms with Crippen molar-refractivity contribution >= 4 is 0 Å². The smallest absolute Gasteiger partial charge is 0.0913 e. The lowest BCUT2D eigenvalue weighted by molar-refractivity contribution is -0.0916. The number of aliphatic hydroxyl groups is 1. The zero-order chi connectivity index (χ0) is 9.76. The minimum atomic E-state index is -0.467. The number of fused-ring (bicyclic) bond motifs is 5. The van der Waals surface area contributed by atoms with E-state index in [0.717, 1.165) is 24.2 Å². The van der Waals surface area contributed by atoms with E-state index in [9.17, 15) is 5.11 Å². The van der Waals surface area contributed by atoms with E-state index in [0.29, 0.717) is 12.5 Å². The Hall–Kier alpha value is -0.0800. The van der Waals surface area contributed by atoms with Crippen molar-refractivity contribution in [3.8, 4) is 0 Å². The molecule has 3 aliphatic rings. The molecule has 80 valence electrons. The zero-order valence-electron chi connectivity index (χ0n) is 8.91. The van der Waals surface area contributed by atoms with Gasteiger partial charge in [-0.15, -0.1) is 0 Å². The first-order valence-electron chi connectivity index (χ1n) is 5.96. The average Bonchev–Trinajstić information content (AvgIpc) is 2.72. The van der Waals surface area contributed by atoms with E-state index in [2.05, 4.69) is 0 Å². The van der Waals surface area contributed by atoms with Crippen LogP contribution in [0.4, 0.5) is 0 Å². The normalized spacial score (nSPS) is 55.3. The lowest BCUT2D eigenvalue weighted by Crippen LogP contribution is -2.44. The van der Waals surface area contributed by atoms with Crippen molar-refractivity contribution in [2.45, 2.75) is 37.7 Å². The monoisotopic (exact) mass is 196 g/mol. The van der Waals surface area contributed by atoms with Crippen molar-refractivity contribution in [3.05, 3.63) is 0 Å². The average molecular weight is 196 g/mol. The summed E-state index contributed by atoms with van der Waals surface area (Å²) >= 11 is 0. The molecule has 5 atom stereocenters. The maximum absolute atomic E-state index is 10.5. The summed E-state index contributed by atoms with van der Waals surface area (Å²) < 4.78 is 5.18. The second-order valence-corrected chi connectivity index (χ2v) is 5.60. The molecule has 0 saturated heterocycles. The summed E-state index contributed by atoms with van der Waals surface area (Å²) in [7, 11) is 1.70. The van der Waals surface area contributed by atoms with Crippen molar-refractivity contribution in [1.82, 2.24) is 0 Å². The predicted molar refractivity (Wildman–Crippen MR) is 53.9 cm³/mol. The fourth-order valence-electron chi connectivity index (χ4n) is 4.65. The maximum atomic E-state index is 10.5. The zero-order valence-corrected chi connectivity index (χ0v) is 8.91. The van der Waals surface area contributed by atoms with Crippen molar-refractivity contribution < 1.29 is 9.84 Å². The van der Waals surface area contributed by atoms with Gasteiger partial charge in [-0.25, -0.2) is 0 Å². The minimum absolute atomic E-state index is 0.467. The van der Waals surface area contributed by atoms with Crippen LogP contribution in [0.5, 0.6) is 0 Å². The van der Waals surface area contributed by atoms with Gasteiger partial charge in [0, 0.05) is 7.11 Å². The van der Waals surface area contributed by atoms with E-state index < -0.39 is 5.60 Å². The van der Waals surface area contributed by atoms with Gasteiger partial charge in [0.25, 0.3) is 0 Å². The van der Waals surface area contributed by atoms with Crippen LogP contribution in [-0.2, 0) is 4.74 Å². The molecular weight excluding hydrogens is 176 g/mol. The van der Waals surface area contributed by atoms with Crippen LogP contribution < -0.4 is 0 Å². The molecule has 0 heterocycles. The van der Waals surface area contributed by atoms with Gasteiger partial charge in [0.1, 0.15) is 0 Å². The topological polar surface area (TPSA) is 29.5 Å². The fraction of sp³-hybridized carbons (Fsp3) is 1.00. The van der Waals surface area contributed by atoms with E-state index in [1.807, 2.05) is 0 Å². The Morgan fingerprint density at radius 1 is 1.36 bits per heavy atom. The summed E-state index contributed by atoms with van der Waals surface area (Å²) in [5, 5.41) is 10.5. The summed E-state index contributed by atoms with van der Waals surface area (Å²) in [5.41, 5.74) is -0.467. The molecule has 0 radical (unpaired) electrons. The third kappa shape index (κ3) is 1.04. The van der Waals surface area contributed by atoms with E-state index in [4.69, 9.17) is 4.74 Å². The van der Waals surface area contributed by atoms with Crippen molar-refractivity contribution in [3.63, 3.8) is 0 Å². The van der Waals surface area contributed by atoms with Gasteiger partial charge in [0.05, 0.1) is 12.2 Å². The number of methoxy groups -OCH3 is 1. The third-order valence-corrected chi connectivity index (χ3v) is 5.00. The van der Waals surface area contributed by atoms with Crippen molar-refractivity contribution in [2.24, 2.45) is 23.7 Å². The van der Waals surface area contributed by atoms with Crippen LogP contribution >= 0.6 is 0 Å². The first kappa shape index (κ1) is 9.17. The van der Waals surface area contributed by atoms with Gasteiger partial charge in [-0.2, -0.15) is 0 Å². The number of ether oxygens (including phenoxy) is 1. The second-order valence-electron chi connectivity index (χ2n) is 5.60. The van der Waals surface area contributed by atoms with E-state index in [1.165, 1.54) is 25.7 Å². The van der Waals surface area contributed by atoms with Gasteiger partial charge < -0.3 is 9.84 Å². The maximum Gasteiger partial charge on any atom is 0.0913 e. The predicted octanol–water partition coefficient (Wildman–Crippen LogP) is 1.82. The summed E-state index contributed by atoms with van der Waals surface area (Å²) in [6, 6.07) is 0. The van der Waals surface area contributed by atoms with Crippen molar-refractivity contribution in [2.75, 3.05) is 13.7 Å². The molecule has 2 bridgehead atoms. The highest BCUT2D eigenvalue weighted by atomic mass is 16.5.